The third-order valence-electron chi connectivity index (χ3n) is 3.50. The third-order valence-corrected chi connectivity index (χ3v) is 5.12. The number of methoxy groups -OCH3 is 1. The monoisotopic (exact) mass is 319 g/mol. The van der Waals surface area contributed by atoms with Crippen molar-refractivity contribution in [2.75, 3.05) is 13.7 Å². The Bertz CT molecular complexity index is 754. The average molecular weight is 319 g/mol. The molecule has 2 aromatic carbocycles. The molecule has 4 nitrogen and oxygen atoms in total. The number of hydrogen-bond donors (Lipinski definition) is 1. The normalized spacial score (nSPS) is 11.4. The molecule has 0 radical (unpaired) electrons. The molecule has 0 saturated carbocycles. The van der Waals surface area contributed by atoms with Crippen LogP contribution in [0, 0.1) is 13.8 Å². The molecule has 2 aromatic rings. The topological polar surface area (TPSA) is 55.4 Å². The van der Waals surface area contributed by atoms with Gasteiger partial charge in [0.2, 0.25) is 10.0 Å². The molecule has 0 saturated heterocycles. The zero-order valence-corrected chi connectivity index (χ0v) is 13.9. The number of aryl methyl sites for hydroxylation is 2. The molecule has 2 rings (SSSR count). The van der Waals surface area contributed by atoms with Crippen LogP contribution in [-0.2, 0) is 16.4 Å². The summed E-state index contributed by atoms with van der Waals surface area (Å²) in [6, 6.07) is 12.9. The van der Waals surface area contributed by atoms with Gasteiger partial charge in [-0.25, -0.2) is 13.1 Å². The Labute approximate surface area is 132 Å². The molecule has 0 aliphatic rings. The lowest BCUT2D eigenvalue weighted by Crippen LogP contribution is -2.26. The van der Waals surface area contributed by atoms with Gasteiger partial charge in [-0.3, -0.25) is 0 Å². The van der Waals surface area contributed by atoms with Crippen molar-refractivity contribution in [3.63, 3.8) is 0 Å². The van der Waals surface area contributed by atoms with Gasteiger partial charge in [-0.2, -0.15) is 0 Å². The molecule has 0 fully saturated rings. The Morgan fingerprint density at radius 2 is 1.82 bits per heavy atom. The summed E-state index contributed by atoms with van der Waals surface area (Å²) in [5.74, 6) is 0.771. The summed E-state index contributed by atoms with van der Waals surface area (Å²) in [6.07, 6.45) is 0.578. The smallest absolute Gasteiger partial charge is 0.240 e. The molecular weight excluding hydrogens is 298 g/mol. The van der Waals surface area contributed by atoms with Gasteiger partial charge in [0.1, 0.15) is 5.75 Å². The maximum atomic E-state index is 12.4. The highest BCUT2D eigenvalue weighted by Gasteiger charge is 2.16. The molecular formula is C17H21NO3S. The first-order valence-corrected chi connectivity index (χ1v) is 8.61. The summed E-state index contributed by atoms with van der Waals surface area (Å²) in [5, 5.41) is 0. The fourth-order valence-electron chi connectivity index (χ4n) is 2.41. The average Bonchev–Trinajstić information content (AvgIpc) is 2.47. The van der Waals surface area contributed by atoms with Crippen LogP contribution in [0.4, 0.5) is 0 Å². The van der Waals surface area contributed by atoms with Crippen LogP contribution in [0.25, 0.3) is 0 Å². The van der Waals surface area contributed by atoms with E-state index < -0.39 is 10.0 Å². The third kappa shape index (κ3) is 3.87. The largest absolute Gasteiger partial charge is 0.496 e. The summed E-state index contributed by atoms with van der Waals surface area (Å²) in [4.78, 5) is 0.332. The van der Waals surface area contributed by atoms with Crippen molar-refractivity contribution in [2.24, 2.45) is 0 Å². The number of benzene rings is 2. The number of para-hydroxylation sites is 1. The van der Waals surface area contributed by atoms with Crippen LogP contribution in [-0.4, -0.2) is 22.1 Å². The molecule has 0 bridgehead atoms. The van der Waals surface area contributed by atoms with Crippen LogP contribution in [0.15, 0.2) is 47.4 Å². The van der Waals surface area contributed by atoms with Gasteiger partial charge in [-0.1, -0.05) is 35.9 Å². The molecule has 0 heterocycles. The van der Waals surface area contributed by atoms with Gasteiger partial charge in [0.15, 0.2) is 0 Å². The highest BCUT2D eigenvalue weighted by molar-refractivity contribution is 7.89. The fourth-order valence-corrected chi connectivity index (χ4v) is 3.66. The van der Waals surface area contributed by atoms with Gasteiger partial charge < -0.3 is 4.74 Å². The lowest BCUT2D eigenvalue weighted by atomic mass is 10.1. The van der Waals surface area contributed by atoms with Gasteiger partial charge in [-0.15, -0.1) is 0 Å². The number of rotatable bonds is 6. The maximum Gasteiger partial charge on any atom is 0.240 e. The SMILES string of the molecule is COc1ccccc1CCNS(=O)(=O)c1ccc(C)cc1C. The molecule has 0 unspecified atom stereocenters. The van der Waals surface area contributed by atoms with Crippen LogP contribution in [0.1, 0.15) is 16.7 Å². The maximum absolute atomic E-state index is 12.4. The number of hydrogen-bond acceptors (Lipinski definition) is 3. The Kier molecular flexibility index (Phi) is 5.21. The Hall–Kier alpha value is -1.85. The van der Waals surface area contributed by atoms with Gasteiger partial charge in [-0.05, 0) is 43.5 Å². The fraction of sp³-hybridized carbons (Fsp3) is 0.294. The first-order valence-electron chi connectivity index (χ1n) is 7.13. The van der Waals surface area contributed by atoms with E-state index in [0.29, 0.717) is 17.9 Å². The van der Waals surface area contributed by atoms with E-state index in [-0.39, 0.29) is 0 Å². The van der Waals surface area contributed by atoms with Crippen molar-refractivity contribution in [1.29, 1.82) is 0 Å². The lowest BCUT2D eigenvalue weighted by molar-refractivity contribution is 0.409. The van der Waals surface area contributed by atoms with Crippen molar-refractivity contribution in [3.8, 4) is 5.75 Å². The number of ether oxygens (including phenoxy) is 1. The van der Waals surface area contributed by atoms with Gasteiger partial charge >= 0.3 is 0 Å². The van der Waals surface area contributed by atoms with E-state index in [9.17, 15) is 8.42 Å². The van der Waals surface area contributed by atoms with Crippen molar-refractivity contribution in [1.82, 2.24) is 4.72 Å². The molecule has 5 heteroatoms. The van der Waals surface area contributed by atoms with Crippen molar-refractivity contribution in [2.45, 2.75) is 25.2 Å². The highest BCUT2D eigenvalue weighted by atomic mass is 32.2. The molecule has 0 aliphatic carbocycles. The molecule has 118 valence electrons. The number of sulfonamides is 1. The van der Waals surface area contributed by atoms with Crippen molar-refractivity contribution < 1.29 is 13.2 Å². The highest BCUT2D eigenvalue weighted by Crippen LogP contribution is 2.19. The molecule has 0 aromatic heterocycles. The first-order chi connectivity index (χ1) is 10.4. The summed E-state index contributed by atoms with van der Waals surface area (Å²) >= 11 is 0. The molecule has 0 aliphatic heterocycles. The van der Waals surface area contributed by atoms with Gasteiger partial charge in [0.25, 0.3) is 0 Å². The van der Waals surface area contributed by atoms with E-state index in [2.05, 4.69) is 4.72 Å². The van der Waals surface area contributed by atoms with E-state index >= 15 is 0 Å². The molecule has 0 amide bonds. The van der Waals surface area contributed by atoms with E-state index in [1.165, 1.54) is 0 Å². The van der Waals surface area contributed by atoms with Crippen LogP contribution in [0.5, 0.6) is 5.75 Å². The van der Waals surface area contributed by atoms with Crippen LogP contribution in [0.3, 0.4) is 0 Å². The lowest BCUT2D eigenvalue weighted by Gasteiger charge is -2.11. The second-order valence-electron chi connectivity index (χ2n) is 5.23. The first kappa shape index (κ1) is 16.5. The van der Waals surface area contributed by atoms with Crippen LogP contribution in [0.2, 0.25) is 0 Å². The second-order valence-corrected chi connectivity index (χ2v) is 6.96. The molecule has 1 N–H and O–H groups in total. The van der Waals surface area contributed by atoms with Crippen molar-refractivity contribution in [3.05, 3.63) is 59.2 Å². The molecule has 0 spiro atoms. The molecule has 22 heavy (non-hydrogen) atoms. The Morgan fingerprint density at radius 3 is 2.50 bits per heavy atom. The van der Waals surface area contributed by atoms with E-state index in [4.69, 9.17) is 4.74 Å². The summed E-state index contributed by atoms with van der Waals surface area (Å²) in [7, 11) is -1.88. The minimum absolute atomic E-state index is 0.329. The van der Waals surface area contributed by atoms with Crippen LogP contribution < -0.4 is 9.46 Å². The van der Waals surface area contributed by atoms with Crippen LogP contribution >= 0.6 is 0 Å². The predicted octanol–water partition coefficient (Wildman–Crippen LogP) is 2.83. The molecule has 0 atom stereocenters. The summed E-state index contributed by atoms with van der Waals surface area (Å²) < 4.78 is 32.7. The zero-order chi connectivity index (χ0) is 16.2. The Morgan fingerprint density at radius 1 is 1.09 bits per heavy atom. The van der Waals surface area contributed by atoms with Crippen molar-refractivity contribution >= 4 is 10.0 Å². The summed E-state index contributed by atoms with van der Waals surface area (Å²) in [6.45, 7) is 4.08. The van der Waals surface area contributed by atoms with E-state index in [0.717, 1.165) is 22.4 Å². The van der Waals surface area contributed by atoms with Gasteiger partial charge in [0, 0.05) is 6.54 Å². The predicted molar refractivity (Wildman–Crippen MR) is 87.8 cm³/mol. The van der Waals surface area contributed by atoms with E-state index in [1.54, 1.807) is 13.2 Å². The second kappa shape index (κ2) is 6.94. The Balaban J connectivity index is 2.07. The quantitative estimate of drug-likeness (QED) is 0.891. The number of nitrogens with one attached hydrogen (secondary N) is 1. The van der Waals surface area contributed by atoms with E-state index in [1.807, 2.05) is 50.2 Å². The zero-order valence-electron chi connectivity index (χ0n) is 13.1. The van der Waals surface area contributed by atoms with Gasteiger partial charge in [0.05, 0.1) is 12.0 Å². The minimum atomic E-state index is -3.49. The standard InChI is InChI=1S/C17H21NO3S/c1-13-8-9-17(14(2)12-13)22(19,20)18-11-10-15-6-4-5-7-16(15)21-3/h4-9,12,18H,10-11H2,1-3H3. The summed E-state index contributed by atoms with van der Waals surface area (Å²) in [5.41, 5.74) is 2.78. The minimum Gasteiger partial charge on any atom is -0.496 e.